The maximum atomic E-state index is 12.8. The normalized spacial score (nSPS) is 14.2. The number of rotatable bonds is 6. The summed E-state index contributed by atoms with van der Waals surface area (Å²) < 4.78 is 21.8. The maximum absolute atomic E-state index is 12.8. The third-order valence-corrected chi connectivity index (χ3v) is 5.51. The number of fused-ring (bicyclic) bond motifs is 2. The van der Waals surface area contributed by atoms with Gasteiger partial charge in [-0.2, -0.15) is 0 Å². The number of aryl methyl sites for hydroxylation is 1. The molecule has 0 fully saturated rings. The summed E-state index contributed by atoms with van der Waals surface area (Å²) in [6, 6.07) is 18.2. The third kappa shape index (κ3) is 3.35. The SMILES string of the molecule is COCCOc1ccc(C2=c3cc4c(cc3OC2=O)=C(c2ccccc2)C(=O)O4)cc1C. The fraction of sp³-hybridized carbons (Fsp3) is 0.154. The van der Waals surface area contributed by atoms with Gasteiger partial charge in [0.2, 0.25) is 0 Å². The first-order valence-corrected chi connectivity index (χ1v) is 10.2. The van der Waals surface area contributed by atoms with Gasteiger partial charge in [-0.1, -0.05) is 36.4 Å². The smallest absolute Gasteiger partial charge is 0.344 e. The van der Waals surface area contributed by atoms with E-state index >= 15 is 0 Å². The van der Waals surface area contributed by atoms with Crippen molar-refractivity contribution in [3.8, 4) is 17.2 Å². The van der Waals surface area contributed by atoms with Crippen molar-refractivity contribution in [3.05, 3.63) is 87.8 Å². The molecule has 160 valence electrons. The molecule has 2 aliphatic heterocycles. The molecular formula is C26H20O6. The van der Waals surface area contributed by atoms with E-state index in [1.807, 2.05) is 55.5 Å². The van der Waals surface area contributed by atoms with Gasteiger partial charge in [-0.15, -0.1) is 0 Å². The summed E-state index contributed by atoms with van der Waals surface area (Å²) in [6.07, 6.45) is 0. The summed E-state index contributed by atoms with van der Waals surface area (Å²) in [6.45, 7) is 2.85. The molecule has 2 aliphatic rings. The minimum atomic E-state index is -0.441. The van der Waals surface area contributed by atoms with E-state index < -0.39 is 11.9 Å². The quantitative estimate of drug-likeness (QED) is 0.341. The van der Waals surface area contributed by atoms with Gasteiger partial charge in [0.1, 0.15) is 23.9 Å². The lowest BCUT2D eigenvalue weighted by molar-refractivity contribution is -0.128. The number of esters is 2. The second kappa shape index (κ2) is 7.98. The minimum Gasteiger partial charge on any atom is -0.491 e. The van der Waals surface area contributed by atoms with Gasteiger partial charge in [0, 0.05) is 17.5 Å². The van der Waals surface area contributed by atoms with Gasteiger partial charge >= 0.3 is 11.9 Å². The molecule has 32 heavy (non-hydrogen) atoms. The Morgan fingerprint density at radius 1 is 0.750 bits per heavy atom. The van der Waals surface area contributed by atoms with E-state index in [2.05, 4.69) is 0 Å². The van der Waals surface area contributed by atoms with E-state index in [4.69, 9.17) is 18.9 Å². The molecule has 2 heterocycles. The fourth-order valence-corrected chi connectivity index (χ4v) is 3.99. The Morgan fingerprint density at radius 2 is 1.38 bits per heavy atom. The summed E-state index contributed by atoms with van der Waals surface area (Å²) in [5, 5.41) is 1.22. The van der Waals surface area contributed by atoms with Crippen LogP contribution in [0.3, 0.4) is 0 Å². The maximum Gasteiger partial charge on any atom is 0.344 e. The molecule has 5 rings (SSSR count). The zero-order chi connectivity index (χ0) is 22.2. The molecule has 0 saturated heterocycles. The predicted molar refractivity (Wildman–Crippen MR) is 117 cm³/mol. The number of benzene rings is 3. The molecule has 0 saturated carbocycles. The van der Waals surface area contributed by atoms with Gasteiger partial charge in [-0.3, -0.25) is 0 Å². The van der Waals surface area contributed by atoms with Gasteiger partial charge in [0.05, 0.1) is 17.8 Å². The van der Waals surface area contributed by atoms with E-state index in [1.54, 1.807) is 19.2 Å². The number of hydrogen-bond acceptors (Lipinski definition) is 6. The van der Waals surface area contributed by atoms with Crippen LogP contribution in [0.5, 0.6) is 17.2 Å². The van der Waals surface area contributed by atoms with Gasteiger partial charge < -0.3 is 18.9 Å². The van der Waals surface area contributed by atoms with Crippen LogP contribution in [0.2, 0.25) is 0 Å². The van der Waals surface area contributed by atoms with Crippen molar-refractivity contribution in [2.75, 3.05) is 20.3 Å². The number of carbonyl (C=O) groups excluding carboxylic acids is 2. The van der Waals surface area contributed by atoms with Crippen molar-refractivity contribution in [2.45, 2.75) is 6.92 Å². The lowest BCUT2D eigenvalue weighted by Crippen LogP contribution is -2.11. The second-order valence-electron chi connectivity index (χ2n) is 7.56. The molecule has 0 amide bonds. The number of carbonyl (C=O) groups is 2. The molecule has 0 aliphatic carbocycles. The summed E-state index contributed by atoms with van der Waals surface area (Å²) in [4.78, 5) is 25.3. The van der Waals surface area contributed by atoms with Crippen LogP contribution in [0.1, 0.15) is 16.7 Å². The number of hydrogen-bond donors (Lipinski definition) is 0. The van der Waals surface area contributed by atoms with E-state index in [9.17, 15) is 9.59 Å². The van der Waals surface area contributed by atoms with E-state index in [0.29, 0.717) is 51.9 Å². The first-order valence-electron chi connectivity index (χ1n) is 10.2. The Kier molecular flexibility index (Phi) is 4.99. The van der Waals surface area contributed by atoms with Crippen LogP contribution >= 0.6 is 0 Å². The van der Waals surface area contributed by atoms with Crippen LogP contribution in [0.4, 0.5) is 0 Å². The molecule has 0 unspecified atom stereocenters. The van der Waals surface area contributed by atoms with Crippen LogP contribution in [0.15, 0.2) is 60.7 Å². The highest BCUT2D eigenvalue weighted by atomic mass is 16.5. The lowest BCUT2D eigenvalue weighted by atomic mass is 10.00. The minimum absolute atomic E-state index is 0.411. The van der Waals surface area contributed by atoms with E-state index in [1.165, 1.54) is 0 Å². The molecule has 6 heteroatoms. The van der Waals surface area contributed by atoms with Crippen molar-refractivity contribution in [2.24, 2.45) is 0 Å². The monoisotopic (exact) mass is 428 g/mol. The second-order valence-corrected chi connectivity index (χ2v) is 7.56. The molecule has 0 bridgehead atoms. The highest BCUT2D eigenvalue weighted by Gasteiger charge is 2.30. The van der Waals surface area contributed by atoms with Crippen LogP contribution in [0.25, 0.3) is 11.1 Å². The van der Waals surface area contributed by atoms with Gasteiger partial charge in [-0.25, -0.2) is 9.59 Å². The molecule has 0 N–H and O–H groups in total. The average Bonchev–Trinajstić information content (AvgIpc) is 3.28. The molecule has 0 atom stereocenters. The summed E-state index contributed by atoms with van der Waals surface area (Å²) in [5.41, 5.74) is 3.24. The Bertz CT molecular complexity index is 1370. The standard InChI is InChI=1S/C26H20O6/c1-15-12-17(8-9-20(15)30-11-10-29-2)24-19-14-21-18(13-22(19)32-26(24)28)23(25(27)31-21)16-6-4-3-5-7-16/h3-9,12-14H,10-11H2,1-2H3. The zero-order valence-corrected chi connectivity index (χ0v) is 17.6. The molecule has 3 aromatic carbocycles. The number of ether oxygens (including phenoxy) is 4. The van der Waals surface area contributed by atoms with Crippen molar-refractivity contribution >= 4 is 23.1 Å². The van der Waals surface area contributed by atoms with Crippen molar-refractivity contribution < 1.29 is 28.5 Å². The zero-order valence-electron chi connectivity index (χ0n) is 17.6. The fourth-order valence-electron chi connectivity index (χ4n) is 3.99. The highest BCUT2D eigenvalue weighted by Crippen LogP contribution is 2.29. The number of methoxy groups -OCH3 is 1. The van der Waals surface area contributed by atoms with Gasteiger partial charge in [0.15, 0.2) is 0 Å². The van der Waals surface area contributed by atoms with E-state index in [0.717, 1.165) is 16.9 Å². The first kappa shape index (κ1) is 20.0. The first-order chi connectivity index (χ1) is 15.6. The van der Waals surface area contributed by atoms with Crippen molar-refractivity contribution in [1.29, 1.82) is 0 Å². The van der Waals surface area contributed by atoms with Crippen molar-refractivity contribution in [1.82, 2.24) is 0 Å². The van der Waals surface area contributed by atoms with E-state index in [-0.39, 0.29) is 0 Å². The highest BCUT2D eigenvalue weighted by molar-refractivity contribution is 6.21. The van der Waals surface area contributed by atoms with Crippen LogP contribution in [-0.4, -0.2) is 32.3 Å². The summed E-state index contributed by atoms with van der Waals surface area (Å²) in [5.74, 6) is 0.691. The molecule has 6 nitrogen and oxygen atoms in total. The molecule has 0 aromatic heterocycles. The Labute approximate surface area is 184 Å². The average molecular weight is 428 g/mol. The van der Waals surface area contributed by atoms with Crippen LogP contribution in [-0.2, 0) is 14.3 Å². The third-order valence-electron chi connectivity index (χ3n) is 5.51. The lowest BCUT2D eigenvalue weighted by Gasteiger charge is -2.10. The Balaban J connectivity index is 1.62. The Morgan fingerprint density at radius 3 is 1.97 bits per heavy atom. The summed E-state index contributed by atoms with van der Waals surface area (Å²) >= 11 is 0. The topological polar surface area (TPSA) is 71.1 Å². The molecule has 0 radical (unpaired) electrons. The largest absolute Gasteiger partial charge is 0.491 e. The summed E-state index contributed by atoms with van der Waals surface area (Å²) in [7, 11) is 1.62. The van der Waals surface area contributed by atoms with Gasteiger partial charge in [0.25, 0.3) is 0 Å². The molecule has 3 aromatic rings. The molecule has 0 spiro atoms. The molecular weight excluding hydrogens is 408 g/mol. The van der Waals surface area contributed by atoms with Gasteiger partial charge in [-0.05, 0) is 47.9 Å². The predicted octanol–water partition coefficient (Wildman–Crippen LogP) is 2.26. The van der Waals surface area contributed by atoms with Crippen molar-refractivity contribution in [3.63, 3.8) is 0 Å². The van der Waals surface area contributed by atoms with Crippen LogP contribution in [0, 0.1) is 6.92 Å². The Hall–Kier alpha value is -3.90. The van der Waals surface area contributed by atoms with Crippen LogP contribution < -0.4 is 24.6 Å².